The van der Waals surface area contributed by atoms with Crippen molar-refractivity contribution in [1.82, 2.24) is 4.90 Å². The summed E-state index contributed by atoms with van der Waals surface area (Å²) in [6.07, 6.45) is 0. The van der Waals surface area contributed by atoms with E-state index in [1.165, 1.54) is 12.0 Å². The smallest absolute Gasteiger partial charge is 0.278 e. The van der Waals surface area contributed by atoms with E-state index in [1.54, 1.807) is 36.4 Å². The Morgan fingerprint density at radius 3 is 2.27 bits per heavy atom. The minimum absolute atomic E-state index is 0.0793. The number of nitrogens with zero attached hydrogens (tertiary/aromatic N) is 1. The summed E-state index contributed by atoms with van der Waals surface area (Å²) >= 11 is 6.27. The van der Waals surface area contributed by atoms with E-state index in [1.807, 2.05) is 42.5 Å². The quantitative estimate of drug-likeness (QED) is 0.587. The van der Waals surface area contributed by atoms with Crippen molar-refractivity contribution >= 4 is 34.7 Å². The molecule has 0 bridgehead atoms. The van der Waals surface area contributed by atoms with Gasteiger partial charge in [-0.05, 0) is 29.8 Å². The first-order valence-corrected chi connectivity index (χ1v) is 9.77. The van der Waals surface area contributed by atoms with Crippen LogP contribution in [-0.2, 0) is 16.1 Å². The Morgan fingerprint density at radius 2 is 1.53 bits per heavy atom. The van der Waals surface area contributed by atoms with Crippen molar-refractivity contribution in [3.8, 4) is 5.75 Å². The van der Waals surface area contributed by atoms with Gasteiger partial charge in [0.2, 0.25) is 0 Å². The number of ether oxygens (including phenoxy) is 1. The summed E-state index contributed by atoms with van der Waals surface area (Å²) in [5.74, 6) is -0.298. The number of hydrogen-bond donors (Lipinski definition) is 1. The number of carbonyl (C=O) groups excluding carboxylic acids is 2. The molecule has 0 fully saturated rings. The fourth-order valence-electron chi connectivity index (χ4n) is 3.40. The van der Waals surface area contributed by atoms with E-state index in [0.29, 0.717) is 27.6 Å². The molecule has 0 aliphatic carbocycles. The number of amides is 2. The second-order valence-corrected chi connectivity index (χ2v) is 7.14. The lowest BCUT2D eigenvalue weighted by Gasteiger charge is -2.16. The fourth-order valence-corrected chi connectivity index (χ4v) is 3.59. The summed E-state index contributed by atoms with van der Waals surface area (Å²) in [5.41, 5.74) is 2.44. The highest BCUT2D eigenvalue weighted by Crippen LogP contribution is 2.36. The van der Waals surface area contributed by atoms with Crippen LogP contribution in [0.2, 0.25) is 5.02 Å². The molecule has 0 aromatic heterocycles. The van der Waals surface area contributed by atoms with Crippen molar-refractivity contribution in [1.29, 1.82) is 0 Å². The third-order valence-electron chi connectivity index (χ3n) is 4.87. The molecule has 0 unspecified atom stereocenters. The van der Waals surface area contributed by atoms with Gasteiger partial charge >= 0.3 is 0 Å². The second kappa shape index (κ2) is 8.43. The first-order chi connectivity index (χ1) is 14.6. The number of rotatable bonds is 6. The standard InChI is InChI=1S/C24H19ClN2O3/c1-30-20-14-8-6-12-18(20)21-22(26-17-10-3-2-4-11-17)24(29)27(23(21)28)15-16-9-5-7-13-19(16)25/h2-14,26H,15H2,1H3. The van der Waals surface area contributed by atoms with Crippen molar-refractivity contribution in [2.24, 2.45) is 0 Å². The highest BCUT2D eigenvalue weighted by Gasteiger charge is 2.40. The maximum Gasteiger partial charge on any atom is 0.278 e. The van der Waals surface area contributed by atoms with E-state index in [9.17, 15) is 9.59 Å². The maximum atomic E-state index is 13.4. The molecule has 1 N–H and O–H groups in total. The monoisotopic (exact) mass is 418 g/mol. The Kier molecular flexibility index (Phi) is 5.55. The number of halogens is 1. The van der Waals surface area contributed by atoms with Crippen LogP contribution in [-0.4, -0.2) is 23.8 Å². The summed E-state index contributed by atoms with van der Waals surface area (Å²) in [6, 6.07) is 23.6. The molecule has 2 amide bonds. The summed E-state index contributed by atoms with van der Waals surface area (Å²) in [5, 5.41) is 3.63. The van der Waals surface area contributed by atoms with Gasteiger partial charge in [0.1, 0.15) is 11.4 Å². The van der Waals surface area contributed by atoms with Gasteiger partial charge in [0.25, 0.3) is 11.8 Å². The zero-order valence-electron chi connectivity index (χ0n) is 16.3. The number of hydrogen-bond acceptors (Lipinski definition) is 4. The molecule has 5 nitrogen and oxygen atoms in total. The summed E-state index contributed by atoms with van der Waals surface area (Å²) in [7, 11) is 1.53. The van der Waals surface area contributed by atoms with E-state index in [2.05, 4.69) is 5.32 Å². The molecular formula is C24H19ClN2O3. The normalized spacial score (nSPS) is 13.7. The van der Waals surface area contributed by atoms with Crippen LogP contribution in [0.3, 0.4) is 0 Å². The van der Waals surface area contributed by atoms with E-state index in [4.69, 9.17) is 16.3 Å². The number of nitrogens with one attached hydrogen (secondary N) is 1. The predicted molar refractivity (Wildman–Crippen MR) is 117 cm³/mol. The molecular weight excluding hydrogens is 400 g/mol. The van der Waals surface area contributed by atoms with Gasteiger partial charge in [-0.15, -0.1) is 0 Å². The Bertz CT molecular complexity index is 1140. The Labute approximate surface area is 179 Å². The number of para-hydroxylation sites is 2. The van der Waals surface area contributed by atoms with Crippen LogP contribution in [0.25, 0.3) is 5.57 Å². The molecule has 0 radical (unpaired) electrons. The number of anilines is 1. The van der Waals surface area contributed by atoms with Crippen molar-refractivity contribution in [2.45, 2.75) is 6.54 Å². The molecule has 4 rings (SSSR count). The molecule has 1 aliphatic heterocycles. The van der Waals surface area contributed by atoms with E-state index in [-0.39, 0.29) is 17.8 Å². The lowest BCUT2D eigenvalue weighted by Crippen LogP contribution is -2.32. The number of imide groups is 1. The SMILES string of the molecule is COc1ccccc1C1=C(Nc2ccccc2)C(=O)N(Cc2ccccc2Cl)C1=O. The summed E-state index contributed by atoms with van der Waals surface area (Å²) in [6.45, 7) is 0.0793. The molecule has 0 spiro atoms. The van der Waals surface area contributed by atoms with E-state index in [0.717, 1.165) is 0 Å². The molecule has 0 saturated carbocycles. The molecule has 150 valence electrons. The minimum atomic E-state index is -0.412. The zero-order valence-corrected chi connectivity index (χ0v) is 17.0. The van der Waals surface area contributed by atoms with Crippen molar-refractivity contribution < 1.29 is 14.3 Å². The number of carbonyl (C=O) groups is 2. The number of benzene rings is 3. The molecule has 1 heterocycles. The van der Waals surface area contributed by atoms with Gasteiger partial charge in [0.15, 0.2) is 0 Å². The van der Waals surface area contributed by atoms with Crippen molar-refractivity contribution in [3.63, 3.8) is 0 Å². The first-order valence-electron chi connectivity index (χ1n) is 9.39. The van der Waals surface area contributed by atoms with Gasteiger partial charge in [-0.25, -0.2) is 0 Å². The second-order valence-electron chi connectivity index (χ2n) is 6.73. The number of methoxy groups -OCH3 is 1. The Hall–Kier alpha value is -3.57. The topological polar surface area (TPSA) is 58.6 Å². The van der Waals surface area contributed by atoms with Crippen LogP contribution in [0.1, 0.15) is 11.1 Å². The largest absolute Gasteiger partial charge is 0.496 e. The maximum absolute atomic E-state index is 13.4. The third-order valence-corrected chi connectivity index (χ3v) is 5.24. The van der Waals surface area contributed by atoms with Gasteiger partial charge in [0.05, 0.1) is 19.2 Å². The van der Waals surface area contributed by atoms with Gasteiger partial charge in [-0.1, -0.05) is 66.2 Å². The molecule has 3 aromatic carbocycles. The van der Waals surface area contributed by atoms with Crippen LogP contribution < -0.4 is 10.1 Å². The fraction of sp³-hybridized carbons (Fsp3) is 0.0833. The lowest BCUT2D eigenvalue weighted by molar-refractivity contribution is -0.137. The van der Waals surface area contributed by atoms with Gasteiger partial charge < -0.3 is 10.1 Å². The lowest BCUT2D eigenvalue weighted by atomic mass is 10.0. The van der Waals surface area contributed by atoms with Gasteiger partial charge in [-0.3, -0.25) is 14.5 Å². The van der Waals surface area contributed by atoms with Crippen molar-refractivity contribution in [2.75, 3.05) is 12.4 Å². The van der Waals surface area contributed by atoms with E-state index >= 15 is 0 Å². The van der Waals surface area contributed by atoms with Crippen LogP contribution in [0.4, 0.5) is 5.69 Å². The average Bonchev–Trinajstić information content (AvgIpc) is 3.00. The van der Waals surface area contributed by atoms with Crippen molar-refractivity contribution in [3.05, 3.63) is 101 Å². The van der Waals surface area contributed by atoms with E-state index < -0.39 is 11.8 Å². The van der Waals surface area contributed by atoms with Crippen LogP contribution >= 0.6 is 11.6 Å². The summed E-state index contributed by atoms with van der Waals surface area (Å²) < 4.78 is 5.45. The third kappa shape index (κ3) is 3.67. The first kappa shape index (κ1) is 19.7. The molecule has 1 aliphatic rings. The van der Waals surface area contributed by atoms with Crippen LogP contribution in [0, 0.1) is 0 Å². The van der Waals surface area contributed by atoms with Gasteiger partial charge in [0, 0.05) is 16.3 Å². The van der Waals surface area contributed by atoms with Crippen LogP contribution in [0.15, 0.2) is 84.6 Å². The Morgan fingerprint density at radius 1 is 0.867 bits per heavy atom. The molecule has 3 aromatic rings. The summed E-state index contributed by atoms with van der Waals surface area (Å²) in [4.78, 5) is 27.9. The highest BCUT2D eigenvalue weighted by molar-refractivity contribution is 6.37. The molecule has 0 atom stereocenters. The minimum Gasteiger partial charge on any atom is -0.496 e. The van der Waals surface area contributed by atoms with Crippen LogP contribution in [0.5, 0.6) is 5.75 Å². The predicted octanol–water partition coefficient (Wildman–Crippen LogP) is 4.74. The molecule has 30 heavy (non-hydrogen) atoms. The Balaban J connectivity index is 1.79. The highest BCUT2D eigenvalue weighted by atomic mass is 35.5. The average molecular weight is 419 g/mol. The molecule has 6 heteroatoms. The zero-order chi connectivity index (χ0) is 21.1. The molecule has 0 saturated heterocycles. The van der Waals surface area contributed by atoms with Gasteiger partial charge in [-0.2, -0.15) is 0 Å².